The molecule has 0 fully saturated rings. The van der Waals surface area contributed by atoms with E-state index in [1.54, 1.807) is 21.3 Å². The first-order valence-corrected chi connectivity index (χ1v) is 11.6. The van der Waals surface area contributed by atoms with E-state index in [2.05, 4.69) is 10.3 Å². The number of hydrogen-bond donors (Lipinski definition) is 2. The fourth-order valence-electron chi connectivity index (χ4n) is 4.61. The Bertz CT molecular complexity index is 1400. The lowest BCUT2D eigenvalue weighted by Gasteiger charge is -2.19. The van der Waals surface area contributed by atoms with E-state index in [9.17, 15) is 4.79 Å². The normalized spacial score (nSPS) is 12.9. The minimum absolute atomic E-state index is 0.0864. The number of fused-ring (bicyclic) bond motifs is 2. The van der Waals surface area contributed by atoms with E-state index in [1.807, 2.05) is 60.8 Å². The summed E-state index contributed by atoms with van der Waals surface area (Å²) in [6, 6.07) is 17.3. The number of carbonyl (C=O) groups is 1. The van der Waals surface area contributed by atoms with Crippen LogP contribution in [0.1, 0.15) is 29.0 Å². The van der Waals surface area contributed by atoms with E-state index in [0.29, 0.717) is 29.5 Å². The van der Waals surface area contributed by atoms with Gasteiger partial charge in [-0.2, -0.15) is 0 Å². The average Bonchev–Trinajstić information content (AvgIpc) is 3.57. The van der Waals surface area contributed by atoms with Gasteiger partial charge >= 0.3 is 0 Å². The number of benzene rings is 3. The molecular formula is C28H28N2O6. The van der Waals surface area contributed by atoms with Crippen LogP contribution in [0.25, 0.3) is 10.9 Å². The van der Waals surface area contributed by atoms with Crippen molar-refractivity contribution < 1.29 is 28.5 Å². The zero-order valence-corrected chi connectivity index (χ0v) is 20.4. The van der Waals surface area contributed by atoms with E-state index < -0.39 is 0 Å². The molecule has 4 aromatic rings. The van der Waals surface area contributed by atoms with Gasteiger partial charge in [0.2, 0.25) is 12.7 Å². The maximum absolute atomic E-state index is 13.2. The number of hydrogen-bond acceptors (Lipinski definition) is 6. The van der Waals surface area contributed by atoms with Crippen molar-refractivity contribution in [2.45, 2.75) is 18.9 Å². The number of nitrogens with one attached hydrogen (secondary N) is 2. The molecule has 0 saturated carbocycles. The molecule has 0 aliphatic carbocycles. The van der Waals surface area contributed by atoms with Crippen LogP contribution in [0.5, 0.6) is 28.7 Å². The largest absolute Gasteiger partial charge is 0.496 e. The molecule has 8 heteroatoms. The molecule has 0 spiro atoms. The van der Waals surface area contributed by atoms with Crippen molar-refractivity contribution in [1.29, 1.82) is 0 Å². The Morgan fingerprint density at radius 2 is 1.75 bits per heavy atom. The van der Waals surface area contributed by atoms with Crippen LogP contribution in [0.3, 0.4) is 0 Å². The van der Waals surface area contributed by atoms with Crippen LogP contribution in [-0.4, -0.2) is 39.0 Å². The third-order valence-corrected chi connectivity index (χ3v) is 6.42. The highest BCUT2D eigenvalue weighted by Crippen LogP contribution is 2.41. The van der Waals surface area contributed by atoms with Crippen molar-refractivity contribution in [3.63, 3.8) is 0 Å². The molecule has 1 atom stereocenters. The minimum Gasteiger partial charge on any atom is -0.496 e. The van der Waals surface area contributed by atoms with Crippen LogP contribution in [0.15, 0.2) is 60.8 Å². The second kappa shape index (κ2) is 10.1. The van der Waals surface area contributed by atoms with Gasteiger partial charge in [-0.15, -0.1) is 0 Å². The number of methoxy groups -OCH3 is 3. The van der Waals surface area contributed by atoms with Crippen molar-refractivity contribution in [3.8, 4) is 28.7 Å². The van der Waals surface area contributed by atoms with Gasteiger partial charge in [0, 0.05) is 36.0 Å². The average molecular weight is 489 g/mol. The molecule has 1 aromatic heterocycles. The quantitative estimate of drug-likeness (QED) is 0.353. The van der Waals surface area contributed by atoms with Gasteiger partial charge in [-0.3, -0.25) is 4.79 Å². The van der Waals surface area contributed by atoms with Crippen molar-refractivity contribution in [1.82, 2.24) is 10.3 Å². The number of rotatable bonds is 9. The fourth-order valence-corrected chi connectivity index (χ4v) is 4.61. The fraction of sp³-hybridized carbons (Fsp3) is 0.250. The van der Waals surface area contributed by atoms with Crippen LogP contribution in [-0.2, 0) is 11.3 Å². The molecule has 0 unspecified atom stereocenters. The summed E-state index contributed by atoms with van der Waals surface area (Å²) in [5.41, 5.74) is 3.78. The van der Waals surface area contributed by atoms with Crippen LogP contribution >= 0.6 is 0 Å². The van der Waals surface area contributed by atoms with E-state index >= 15 is 0 Å². The molecule has 186 valence electrons. The second-order valence-corrected chi connectivity index (χ2v) is 8.46. The molecule has 3 aromatic carbocycles. The van der Waals surface area contributed by atoms with E-state index in [0.717, 1.165) is 33.3 Å². The van der Waals surface area contributed by atoms with Gasteiger partial charge in [-0.25, -0.2) is 0 Å². The molecule has 2 heterocycles. The zero-order valence-electron chi connectivity index (χ0n) is 20.4. The summed E-state index contributed by atoms with van der Waals surface area (Å²) in [5, 5.41) is 4.00. The summed E-state index contributed by atoms with van der Waals surface area (Å²) in [5.74, 6) is 3.06. The first-order valence-electron chi connectivity index (χ1n) is 11.6. The van der Waals surface area contributed by atoms with E-state index in [1.165, 1.54) is 0 Å². The van der Waals surface area contributed by atoms with E-state index in [-0.39, 0.29) is 25.0 Å². The first-order chi connectivity index (χ1) is 17.6. The SMILES string of the molecule is COc1ccc(CNC(=O)C[C@@H](c2ccc3c(c2)OCO3)c2c[nH]c3cccc(OC)c23)cc1OC. The van der Waals surface area contributed by atoms with Crippen molar-refractivity contribution >= 4 is 16.8 Å². The van der Waals surface area contributed by atoms with Gasteiger partial charge in [-0.05, 0) is 53.1 Å². The summed E-state index contributed by atoms with van der Waals surface area (Å²) < 4.78 is 27.4. The molecule has 0 radical (unpaired) electrons. The maximum atomic E-state index is 13.2. The van der Waals surface area contributed by atoms with Gasteiger partial charge in [0.05, 0.1) is 21.3 Å². The molecule has 8 nitrogen and oxygen atoms in total. The van der Waals surface area contributed by atoms with Crippen LogP contribution in [0.4, 0.5) is 0 Å². The zero-order chi connectivity index (χ0) is 25.1. The third-order valence-electron chi connectivity index (χ3n) is 6.42. The summed E-state index contributed by atoms with van der Waals surface area (Å²) in [6.45, 7) is 0.556. The Morgan fingerprint density at radius 1 is 0.944 bits per heavy atom. The van der Waals surface area contributed by atoms with Gasteiger partial charge in [-0.1, -0.05) is 18.2 Å². The molecule has 0 saturated heterocycles. The minimum atomic E-state index is -0.241. The standard InChI is InChI=1S/C28H28N2O6/c1-32-22-9-7-17(11-25(22)34-3)14-30-27(31)13-19(18-8-10-23-26(12-18)36-16-35-23)20-15-29-21-5-4-6-24(33-2)28(20)21/h4-12,15,19,29H,13-14,16H2,1-3H3,(H,30,31)/t19-/m0/s1. The Morgan fingerprint density at radius 3 is 2.56 bits per heavy atom. The highest BCUT2D eigenvalue weighted by atomic mass is 16.7. The summed E-state index contributed by atoms with van der Waals surface area (Å²) in [6.07, 6.45) is 2.18. The first kappa shape index (κ1) is 23.4. The number of carbonyl (C=O) groups excluding carboxylic acids is 1. The molecule has 1 aliphatic rings. The topological polar surface area (TPSA) is 91.0 Å². The maximum Gasteiger partial charge on any atom is 0.231 e. The molecular weight excluding hydrogens is 460 g/mol. The van der Waals surface area contributed by atoms with Crippen LogP contribution in [0, 0.1) is 0 Å². The van der Waals surface area contributed by atoms with Crippen molar-refractivity contribution in [2.24, 2.45) is 0 Å². The third kappa shape index (κ3) is 4.49. The van der Waals surface area contributed by atoms with E-state index in [4.69, 9.17) is 23.7 Å². The summed E-state index contributed by atoms with van der Waals surface area (Å²) in [4.78, 5) is 16.6. The Labute approximate surface area is 209 Å². The molecule has 5 rings (SSSR count). The number of H-pyrrole nitrogens is 1. The van der Waals surface area contributed by atoms with Crippen LogP contribution < -0.4 is 29.0 Å². The Kier molecular flexibility index (Phi) is 6.58. The van der Waals surface area contributed by atoms with Crippen molar-refractivity contribution in [2.75, 3.05) is 28.1 Å². The number of ether oxygens (including phenoxy) is 5. The molecule has 36 heavy (non-hydrogen) atoms. The number of aromatic nitrogens is 1. The molecule has 1 aliphatic heterocycles. The van der Waals surface area contributed by atoms with Crippen molar-refractivity contribution in [3.05, 3.63) is 77.5 Å². The smallest absolute Gasteiger partial charge is 0.231 e. The summed E-state index contributed by atoms with van der Waals surface area (Å²) in [7, 11) is 4.83. The number of amides is 1. The monoisotopic (exact) mass is 488 g/mol. The molecule has 1 amide bonds. The van der Waals surface area contributed by atoms with Crippen LogP contribution in [0.2, 0.25) is 0 Å². The second-order valence-electron chi connectivity index (χ2n) is 8.46. The highest BCUT2D eigenvalue weighted by Gasteiger charge is 2.25. The predicted octanol–water partition coefficient (Wildman–Crippen LogP) is 4.76. The van der Waals surface area contributed by atoms with Gasteiger partial charge in [0.25, 0.3) is 0 Å². The Balaban J connectivity index is 1.43. The lowest BCUT2D eigenvalue weighted by Crippen LogP contribution is -2.25. The Hall–Kier alpha value is -4.33. The van der Waals surface area contributed by atoms with Gasteiger partial charge in [0.15, 0.2) is 23.0 Å². The highest BCUT2D eigenvalue weighted by molar-refractivity contribution is 5.91. The van der Waals surface area contributed by atoms with Gasteiger partial charge in [0.1, 0.15) is 5.75 Å². The van der Waals surface area contributed by atoms with Gasteiger partial charge < -0.3 is 34.0 Å². The predicted molar refractivity (Wildman–Crippen MR) is 135 cm³/mol. The lowest BCUT2D eigenvalue weighted by molar-refractivity contribution is -0.121. The number of aromatic amines is 1. The molecule has 0 bridgehead atoms. The lowest BCUT2D eigenvalue weighted by atomic mass is 9.87. The summed E-state index contributed by atoms with van der Waals surface area (Å²) >= 11 is 0. The molecule has 2 N–H and O–H groups in total.